The van der Waals surface area contributed by atoms with Crippen molar-refractivity contribution in [2.45, 2.75) is 39.0 Å². The first-order chi connectivity index (χ1) is 6.06. The van der Waals surface area contributed by atoms with Crippen molar-refractivity contribution in [3.63, 3.8) is 0 Å². The topological polar surface area (TPSA) is 6.48 Å². The number of hydrogen-bond acceptors (Lipinski definition) is 2. The Hall–Kier alpha value is -0.150. The minimum absolute atomic E-state index is 0.106. The first-order valence-corrected chi connectivity index (χ1v) is 5.14. The highest BCUT2D eigenvalue weighted by atomic mass is 19.1. The highest BCUT2D eigenvalue weighted by Gasteiger charge is 2.35. The summed E-state index contributed by atoms with van der Waals surface area (Å²) in [4.78, 5) is 4.31. The molecule has 1 rings (SSSR count). The second kappa shape index (κ2) is 4.38. The van der Waals surface area contributed by atoms with Crippen molar-refractivity contribution in [2.75, 3.05) is 26.7 Å². The second-order valence-electron chi connectivity index (χ2n) is 4.23. The maximum absolute atomic E-state index is 13.6. The van der Waals surface area contributed by atoms with E-state index in [0.29, 0.717) is 12.6 Å². The van der Waals surface area contributed by atoms with Crippen LogP contribution in [0, 0.1) is 0 Å². The number of likely N-dealkylation sites (tertiary alicyclic amines) is 1. The molecule has 13 heavy (non-hydrogen) atoms. The molecule has 3 heteroatoms. The predicted molar refractivity (Wildman–Crippen MR) is 53.7 cm³/mol. The maximum atomic E-state index is 13.6. The molecule has 78 valence electrons. The molecule has 0 bridgehead atoms. The number of likely N-dealkylation sites (N-methyl/N-ethyl adjacent to an activating group) is 2. The van der Waals surface area contributed by atoms with Gasteiger partial charge >= 0.3 is 0 Å². The summed E-state index contributed by atoms with van der Waals surface area (Å²) >= 11 is 0. The Bertz CT molecular complexity index is 161. The van der Waals surface area contributed by atoms with Gasteiger partial charge in [0.2, 0.25) is 0 Å². The van der Waals surface area contributed by atoms with Crippen molar-refractivity contribution in [2.24, 2.45) is 0 Å². The van der Waals surface area contributed by atoms with Gasteiger partial charge in [0.1, 0.15) is 6.17 Å². The van der Waals surface area contributed by atoms with Gasteiger partial charge in [-0.25, -0.2) is 4.39 Å². The third kappa shape index (κ3) is 2.41. The van der Waals surface area contributed by atoms with Gasteiger partial charge in [-0.15, -0.1) is 0 Å². The van der Waals surface area contributed by atoms with Gasteiger partial charge in [0.15, 0.2) is 0 Å². The van der Waals surface area contributed by atoms with Crippen LogP contribution in [-0.4, -0.2) is 54.7 Å². The van der Waals surface area contributed by atoms with Crippen LogP contribution in [0.25, 0.3) is 0 Å². The van der Waals surface area contributed by atoms with Crippen LogP contribution in [0.3, 0.4) is 0 Å². The molecule has 1 fully saturated rings. The van der Waals surface area contributed by atoms with Crippen LogP contribution < -0.4 is 0 Å². The van der Waals surface area contributed by atoms with Crippen LogP contribution >= 0.6 is 0 Å². The van der Waals surface area contributed by atoms with Crippen LogP contribution in [-0.2, 0) is 0 Å². The van der Waals surface area contributed by atoms with Crippen LogP contribution in [0.5, 0.6) is 0 Å². The lowest BCUT2D eigenvalue weighted by Gasteiger charge is -2.32. The number of alkyl halides is 1. The zero-order valence-electron chi connectivity index (χ0n) is 9.13. The lowest BCUT2D eigenvalue weighted by molar-refractivity contribution is 0.117. The fraction of sp³-hybridized carbons (Fsp3) is 1.00. The van der Waals surface area contributed by atoms with Crippen LogP contribution in [0.2, 0.25) is 0 Å². The summed E-state index contributed by atoms with van der Waals surface area (Å²) < 4.78 is 13.6. The van der Waals surface area contributed by atoms with E-state index in [0.717, 1.165) is 13.1 Å². The molecule has 2 unspecified atom stereocenters. The van der Waals surface area contributed by atoms with E-state index in [2.05, 4.69) is 30.6 Å². The number of halogens is 1. The SMILES string of the molecule is CCN(C(C)C)C1CN(C)CC1F. The van der Waals surface area contributed by atoms with Gasteiger partial charge in [-0.3, -0.25) is 4.90 Å². The highest BCUT2D eigenvalue weighted by molar-refractivity contribution is 4.90. The number of hydrogen-bond donors (Lipinski definition) is 0. The van der Waals surface area contributed by atoms with Crippen molar-refractivity contribution in [3.05, 3.63) is 0 Å². The molecule has 1 aliphatic heterocycles. The molecule has 1 aliphatic rings. The Morgan fingerprint density at radius 3 is 2.38 bits per heavy atom. The molecular formula is C10H21FN2. The van der Waals surface area contributed by atoms with E-state index in [1.54, 1.807) is 0 Å². The van der Waals surface area contributed by atoms with Gasteiger partial charge in [0.05, 0.1) is 6.04 Å². The Balaban J connectivity index is 2.58. The molecule has 0 aromatic carbocycles. The van der Waals surface area contributed by atoms with Gasteiger partial charge < -0.3 is 4.90 Å². The molecule has 0 radical (unpaired) electrons. The average Bonchev–Trinajstić information content (AvgIpc) is 2.31. The van der Waals surface area contributed by atoms with Gasteiger partial charge in [-0.05, 0) is 27.4 Å². The van der Waals surface area contributed by atoms with E-state index < -0.39 is 6.17 Å². The second-order valence-corrected chi connectivity index (χ2v) is 4.23. The molecule has 0 amide bonds. The number of rotatable bonds is 3. The Morgan fingerprint density at radius 1 is 1.46 bits per heavy atom. The first kappa shape index (κ1) is 10.9. The summed E-state index contributed by atoms with van der Waals surface area (Å²) in [6.07, 6.45) is -0.674. The molecule has 2 atom stereocenters. The molecule has 1 saturated heterocycles. The predicted octanol–water partition coefficient (Wildman–Crippen LogP) is 1.37. The largest absolute Gasteiger partial charge is 0.302 e. The quantitative estimate of drug-likeness (QED) is 0.660. The molecule has 0 N–H and O–H groups in total. The maximum Gasteiger partial charge on any atom is 0.129 e. The molecule has 2 nitrogen and oxygen atoms in total. The third-order valence-electron chi connectivity index (χ3n) is 2.86. The van der Waals surface area contributed by atoms with E-state index >= 15 is 0 Å². The van der Waals surface area contributed by atoms with E-state index in [4.69, 9.17) is 0 Å². The summed E-state index contributed by atoms with van der Waals surface area (Å²) in [6.45, 7) is 8.77. The molecular weight excluding hydrogens is 167 g/mol. The number of nitrogens with zero attached hydrogens (tertiary/aromatic N) is 2. The van der Waals surface area contributed by atoms with Crippen LogP contribution in [0.4, 0.5) is 4.39 Å². The van der Waals surface area contributed by atoms with Crippen molar-refractivity contribution in [3.8, 4) is 0 Å². The Morgan fingerprint density at radius 2 is 2.08 bits per heavy atom. The van der Waals surface area contributed by atoms with Gasteiger partial charge in [0.25, 0.3) is 0 Å². The minimum atomic E-state index is -0.674. The molecule has 1 heterocycles. The summed E-state index contributed by atoms with van der Waals surface area (Å²) in [6, 6.07) is 0.551. The van der Waals surface area contributed by atoms with E-state index in [-0.39, 0.29) is 6.04 Å². The lowest BCUT2D eigenvalue weighted by atomic mass is 10.1. The Labute approximate surface area is 80.7 Å². The van der Waals surface area contributed by atoms with Crippen molar-refractivity contribution < 1.29 is 4.39 Å². The van der Waals surface area contributed by atoms with Gasteiger partial charge in [-0.1, -0.05) is 6.92 Å². The lowest BCUT2D eigenvalue weighted by Crippen LogP contribution is -2.45. The van der Waals surface area contributed by atoms with Gasteiger partial charge in [0, 0.05) is 19.1 Å². The van der Waals surface area contributed by atoms with Gasteiger partial charge in [-0.2, -0.15) is 0 Å². The highest BCUT2D eigenvalue weighted by Crippen LogP contribution is 2.19. The van der Waals surface area contributed by atoms with Crippen LogP contribution in [0.15, 0.2) is 0 Å². The summed E-state index contributed by atoms with van der Waals surface area (Å²) in [5.41, 5.74) is 0. The smallest absolute Gasteiger partial charge is 0.129 e. The first-order valence-electron chi connectivity index (χ1n) is 5.14. The molecule has 0 aromatic heterocycles. The Kier molecular flexibility index (Phi) is 3.68. The van der Waals surface area contributed by atoms with Crippen molar-refractivity contribution in [1.82, 2.24) is 9.80 Å². The minimum Gasteiger partial charge on any atom is -0.302 e. The normalized spacial score (nSPS) is 30.7. The molecule has 0 aliphatic carbocycles. The van der Waals surface area contributed by atoms with Crippen LogP contribution in [0.1, 0.15) is 20.8 Å². The zero-order chi connectivity index (χ0) is 10.0. The summed E-state index contributed by atoms with van der Waals surface area (Å²) in [5, 5.41) is 0. The monoisotopic (exact) mass is 188 g/mol. The van der Waals surface area contributed by atoms with E-state index in [1.807, 2.05) is 7.05 Å². The fourth-order valence-electron chi connectivity index (χ4n) is 2.22. The third-order valence-corrected chi connectivity index (χ3v) is 2.86. The molecule has 0 spiro atoms. The fourth-order valence-corrected chi connectivity index (χ4v) is 2.22. The zero-order valence-corrected chi connectivity index (χ0v) is 9.13. The van der Waals surface area contributed by atoms with E-state index in [1.165, 1.54) is 0 Å². The van der Waals surface area contributed by atoms with Crippen molar-refractivity contribution >= 4 is 0 Å². The standard InChI is InChI=1S/C10H21FN2/c1-5-13(8(2)3)10-7-12(4)6-9(10)11/h8-10H,5-7H2,1-4H3. The molecule has 0 aromatic rings. The van der Waals surface area contributed by atoms with E-state index in [9.17, 15) is 4.39 Å². The average molecular weight is 188 g/mol. The summed E-state index contributed by atoms with van der Waals surface area (Å²) in [5.74, 6) is 0. The molecule has 0 saturated carbocycles. The summed E-state index contributed by atoms with van der Waals surface area (Å²) in [7, 11) is 1.99. The van der Waals surface area contributed by atoms with Crippen molar-refractivity contribution in [1.29, 1.82) is 0 Å².